The standard InChI is InChI=1S/C62H45N5/c1-61(2,3)37-30-44(36-25-27-51-45(28-36)42-22-14-15-23-50(42)65(51)39-18-8-7-9-19-39)56-46(31-37)47-32-38(62(4,5)6)33-49-54-59(66(56)57(47)49)63-53-48-29-35-17-11-12-20-40(35)52-43-26-24-34-16-10-13-21-41(34)55(43)67(58(48)52)60(53)64-54/h7-33H,1-6H3. The van der Waals surface area contributed by atoms with E-state index in [9.17, 15) is 0 Å². The van der Waals surface area contributed by atoms with Crippen LogP contribution in [0.2, 0.25) is 0 Å². The summed E-state index contributed by atoms with van der Waals surface area (Å²) in [6.07, 6.45) is 0. The van der Waals surface area contributed by atoms with Gasteiger partial charge in [0.1, 0.15) is 11.0 Å². The fraction of sp³-hybridized carbons (Fsp3) is 0.129. The Morgan fingerprint density at radius 2 is 0.940 bits per heavy atom. The minimum absolute atomic E-state index is 0.0974. The first kappa shape index (κ1) is 37.2. The van der Waals surface area contributed by atoms with Gasteiger partial charge in [0.05, 0.1) is 33.1 Å². The second-order valence-electron chi connectivity index (χ2n) is 21.1. The maximum absolute atomic E-state index is 5.90. The van der Waals surface area contributed by atoms with Gasteiger partial charge in [-0.25, -0.2) is 9.97 Å². The quantitative estimate of drug-likeness (QED) is 0.174. The highest BCUT2D eigenvalue weighted by atomic mass is 15.1. The van der Waals surface area contributed by atoms with Gasteiger partial charge in [-0.15, -0.1) is 0 Å². The molecule has 0 radical (unpaired) electrons. The van der Waals surface area contributed by atoms with Crippen molar-refractivity contribution in [1.82, 2.24) is 23.3 Å². The van der Waals surface area contributed by atoms with Gasteiger partial charge in [-0.2, -0.15) is 0 Å². The molecular weight excluding hydrogens is 815 g/mol. The average molecular weight is 860 g/mol. The van der Waals surface area contributed by atoms with E-state index in [0.717, 1.165) is 38.8 Å². The molecule has 5 nitrogen and oxygen atoms in total. The molecule has 0 aliphatic heterocycles. The summed E-state index contributed by atoms with van der Waals surface area (Å²) in [5, 5.41) is 14.7. The highest BCUT2D eigenvalue weighted by molar-refractivity contribution is 6.34. The van der Waals surface area contributed by atoms with Crippen LogP contribution in [-0.4, -0.2) is 23.3 Å². The molecule has 0 unspecified atom stereocenters. The molecule has 15 rings (SSSR count). The maximum Gasteiger partial charge on any atom is 0.165 e. The first-order chi connectivity index (χ1) is 32.5. The zero-order valence-electron chi connectivity index (χ0n) is 38.3. The molecule has 0 fully saturated rings. The van der Waals surface area contributed by atoms with Crippen LogP contribution in [0.25, 0.3) is 137 Å². The van der Waals surface area contributed by atoms with Crippen LogP contribution in [0, 0.1) is 0 Å². The van der Waals surface area contributed by atoms with E-state index in [-0.39, 0.29) is 10.8 Å². The number of rotatable bonds is 2. The molecule has 6 aromatic heterocycles. The molecule has 0 bridgehead atoms. The number of benzene rings is 9. The fourth-order valence-electron chi connectivity index (χ4n) is 11.9. The Morgan fingerprint density at radius 3 is 1.69 bits per heavy atom. The molecule has 67 heavy (non-hydrogen) atoms. The molecule has 318 valence electrons. The third kappa shape index (κ3) is 4.78. The highest BCUT2D eigenvalue weighted by Gasteiger charge is 2.30. The van der Waals surface area contributed by atoms with E-state index >= 15 is 0 Å². The van der Waals surface area contributed by atoms with Crippen molar-refractivity contribution < 1.29 is 0 Å². The van der Waals surface area contributed by atoms with E-state index in [1.54, 1.807) is 0 Å². The lowest BCUT2D eigenvalue weighted by molar-refractivity contribution is 0.591. The van der Waals surface area contributed by atoms with Crippen molar-refractivity contribution in [3.05, 3.63) is 175 Å². The summed E-state index contributed by atoms with van der Waals surface area (Å²) in [5.41, 5.74) is 16.7. The highest BCUT2D eigenvalue weighted by Crippen LogP contribution is 2.49. The molecule has 9 aromatic carbocycles. The van der Waals surface area contributed by atoms with Crippen LogP contribution in [0.3, 0.4) is 0 Å². The summed E-state index contributed by atoms with van der Waals surface area (Å²) in [6, 6.07) is 61.0. The first-order valence-electron chi connectivity index (χ1n) is 23.6. The van der Waals surface area contributed by atoms with Crippen molar-refractivity contribution in [3.63, 3.8) is 0 Å². The summed E-state index contributed by atoms with van der Waals surface area (Å²) >= 11 is 0. The average Bonchev–Trinajstić information content (AvgIpc) is 4.12. The van der Waals surface area contributed by atoms with Gasteiger partial charge in [0.25, 0.3) is 0 Å². The SMILES string of the molecule is CC(C)(C)c1cc(-c2ccc3c(c2)c2ccccc2n3-c2ccccc2)c2c(c1)c1cc(C(C)(C)C)cc3c4nc5c(nc4n2c13)c1cc2ccccc2c2c3ccc4ccccc4c3n5c12. The molecule has 6 heterocycles. The Morgan fingerprint density at radius 1 is 0.373 bits per heavy atom. The molecular formula is C62H45N5. The van der Waals surface area contributed by atoms with Crippen LogP contribution < -0.4 is 0 Å². The Kier molecular flexibility index (Phi) is 6.92. The number of hydrogen-bond donors (Lipinski definition) is 0. The van der Waals surface area contributed by atoms with Crippen LogP contribution in [0.1, 0.15) is 52.7 Å². The summed E-state index contributed by atoms with van der Waals surface area (Å²) < 4.78 is 7.32. The van der Waals surface area contributed by atoms with Crippen LogP contribution in [-0.2, 0) is 10.8 Å². The van der Waals surface area contributed by atoms with Crippen molar-refractivity contribution in [2.45, 2.75) is 52.4 Å². The van der Waals surface area contributed by atoms with E-state index in [1.165, 1.54) is 109 Å². The molecule has 0 aliphatic carbocycles. The molecule has 0 atom stereocenters. The second-order valence-corrected chi connectivity index (χ2v) is 21.1. The molecule has 0 aliphatic rings. The molecule has 5 heteroatoms. The number of aromatic nitrogens is 5. The molecule has 0 spiro atoms. The summed E-state index contributed by atoms with van der Waals surface area (Å²) in [5.74, 6) is 0. The largest absolute Gasteiger partial charge is 0.309 e. The van der Waals surface area contributed by atoms with Gasteiger partial charge in [-0.3, -0.25) is 8.80 Å². The van der Waals surface area contributed by atoms with Crippen LogP contribution in [0.4, 0.5) is 0 Å². The van der Waals surface area contributed by atoms with Crippen molar-refractivity contribution in [2.75, 3.05) is 0 Å². The van der Waals surface area contributed by atoms with Gasteiger partial charge in [-0.1, -0.05) is 145 Å². The number of fused-ring (bicyclic) bond motifs is 19. The lowest BCUT2D eigenvalue weighted by Gasteiger charge is -2.21. The van der Waals surface area contributed by atoms with Crippen LogP contribution in [0.5, 0.6) is 0 Å². The molecule has 0 amide bonds. The van der Waals surface area contributed by atoms with Gasteiger partial charge in [-0.05, 0) is 104 Å². The normalized spacial score (nSPS) is 13.2. The zero-order valence-corrected chi connectivity index (χ0v) is 38.3. The number of nitrogens with zero attached hydrogens (tertiary/aromatic N) is 5. The van der Waals surface area contributed by atoms with Gasteiger partial charge in [0, 0.05) is 59.7 Å². The van der Waals surface area contributed by atoms with Gasteiger partial charge in [0.2, 0.25) is 0 Å². The minimum atomic E-state index is -0.105. The van der Waals surface area contributed by atoms with Crippen molar-refractivity contribution in [1.29, 1.82) is 0 Å². The van der Waals surface area contributed by atoms with Crippen LogP contribution in [0.15, 0.2) is 164 Å². The van der Waals surface area contributed by atoms with Gasteiger partial charge < -0.3 is 4.57 Å². The van der Waals surface area contributed by atoms with E-state index < -0.39 is 0 Å². The minimum Gasteiger partial charge on any atom is -0.309 e. The fourth-order valence-corrected chi connectivity index (χ4v) is 11.9. The van der Waals surface area contributed by atoms with Crippen molar-refractivity contribution in [2.24, 2.45) is 0 Å². The monoisotopic (exact) mass is 859 g/mol. The molecule has 0 N–H and O–H groups in total. The Balaban J connectivity index is 1.13. The predicted octanol–water partition coefficient (Wildman–Crippen LogP) is 16.4. The molecule has 0 saturated carbocycles. The Labute approximate surface area is 385 Å². The lowest BCUT2D eigenvalue weighted by Crippen LogP contribution is -2.11. The lowest BCUT2D eigenvalue weighted by atomic mass is 9.83. The van der Waals surface area contributed by atoms with Crippen molar-refractivity contribution >= 4 is 120 Å². The maximum atomic E-state index is 5.90. The van der Waals surface area contributed by atoms with E-state index in [4.69, 9.17) is 9.97 Å². The first-order valence-corrected chi connectivity index (χ1v) is 23.6. The third-order valence-electron chi connectivity index (χ3n) is 15.1. The van der Waals surface area contributed by atoms with E-state index in [1.807, 2.05) is 0 Å². The predicted molar refractivity (Wildman–Crippen MR) is 284 cm³/mol. The van der Waals surface area contributed by atoms with Gasteiger partial charge in [0.15, 0.2) is 11.3 Å². The topological polar surface area (TPSA) is 39.5 Å². The summed E-state index contributed by atoms with van der Waals surface area (Å²) in [7, 11) is 0. The second kappa shape index (κ2) is 12.4. The molecule has 0 saturated heterocycles. The summed E-state index contributed by atoms with van der Waals surface area (Å²) in [4.78, 5) is 11.8. The number of hydrogen-bond acceptors (Lipinski definition) is 2. The van der Waals surface area contributed by atoms with E-state index in [2.05, 4.69) is 219 Å². The Hall–Kier alpha value is -8.02. The summed E-state index contributed by atoms with van der Waals surface area (Å²) in [6.45, 7) is 14.0. The number of para-hydroxylation sites is 2. The van der Waals surface area contributed by atoms with Crippen molar-refractivity contribution in [3.8, 4) is 16.8 Å². The Bertz CT molecular complexity index is 4620. The van der Waals surface area contributed by atoms with Gasteiger partial charge >= 0.3 is 0 Å². The third-order valence-corrected chi connectivity index (χ3v) is 15.1. The molecule has 15 aromatic rings. The smallest absolute Gasteiger partial charge is 0.165 e. The zero-order chi connectivity index (χ0) is 44.8. The van der Waals surface area contributed by atoms with Crippen LogP contribution >= 0.6 is 0 Å². The van der Waals surface area contributed by atoms with E-state index in [0.29, 0.717) is 0 Å².